The fraction of sp³-hybridized carbons (Fsp3) is 1.00. The van der Waals surface area contributed by atoms with E-state index in [1.54, 1.807) is 0 Å². The first-order valence-electron chi connectivity index (χ1n) is 6.05. The van der Waals surface area contributed by atoms with Crippen LogP contribution in [0, 0.1) is 0 Å². The zero-order valence-corrected chi connectivity index (χ0v) is 9.52. The Balaban J connectivity index is 2.76. The average molecular weight is 184 g/mol. The molecule has 0 aromatic carbocycles. The zero-order chi connectivity index (χ0) is 9.78. The van der Waals surface area contributed by atoms with E-state index in [-0.39, 0.29) is 0 Å². The molecule has 1 radical (unpaired) electrons. The second kappa shape index (κ2) is 12.0. The van der Waals surface area contributed by atoms with Gasteiger partial charge in [0.1, 0.15) is 0 Å². The molecular formula is C12H26N. The Morgan fingerprint density at radius 3 is 1.77 bits per heavy atom. The highest BCUT2D eigenvalue weighted by atomic mass is 14.8. The lowest BCUT2D eigenvalue weighted by Crippen LogP contribution is -2.04. The van der Waals surface area contributed by atoms with Gasteiger partial charge in [0.05, 0.1) is 0 Å². The molecule has 0 saturated heterocycles. The van der Waals surface area contributed by atoms with Crippen molar-refractivity contribution in [2.24, 2.45) is 0 Å². The highest BCUT2D eigenvalue weighted by molar-refractivity contribution is 4.48. The van der Waals surface area contributed by atoms with Gasteiger partial charge in [0.15, 0.2) is 0 Å². The van der Waals surface area contributed by atoms with Gasteiger partial charge in [0.25, 0.3) is 0 Å². The maximum absolute atomic E-state index is 4.32. The van der Waals surface area contributed by atoms with Crippen molar-refractivity contribution >= 4 is 0 Å². The van der Waals surface area contributed by atoms with Gasteiger partial charge in [-0.25, -0.2) is 5.32 Å². The molecule has 0 unspecified atom stereocenters. The maximum Gasteiger partial charge on any atom is 0.0133 e. The monoisotopic (exact) mass is 184 g/mol. The minimum absolute atomic E-state index is 0.997. The molecule has 0 bridgehead atoms. The third-order valence-corrected chi connectivity index (χ3v) is 2.39. The molecule has 0 aromatic heterocycles. The molecule has 1 nitrogen and oxygen atoms in total. The van der Waals surface area contributed by atoms with E-state index >= 15 is 0 Å². The summed E-state index contributed by atoms with van der Waals surface area (Å²) in [6.45, 7) is 6.47. The number of nitrogens with zero attached hydrogens (tertiary/aromatic N) is 1. The van der Waals surface area contributed by atoms with Crippen LogP contribution in [0.25, 0.3) is 0 Å². The summed E-state index contributed by atoms with van der Waals surface area (Å²) in [5.74, 6) is 0. The van der Waals surface area contributed by atoms with Crippen LogP contribution in [0.15, 0.2) is 0 Å². The van der Waals surface area contributed by atoms with Gasteiger partial charge in [-0.15, -0.1) is 0 Å². The van der Waals surface area contributed by atoms with Crippen LogP contribution in [-0.2, 0) is 0 Å². The summed E-state index contributed by atoms with van der Waals surface area (Å²) >= 11 is 0. The number of rotatable bonds is 10. The van der Waals surface area contributed by atoms with Gasteiger partial charge >= 0.3 is 0 Å². The molecule has 0 aliphatic carbocycles. The molecule has 0 saturated carbocycles. The molecule has 0 amide bonds. The van der Waals surface area contributed by atoms with Gasteiger partial charge < -0.3 is 0 Å². The van der Waals surface area contributed by atoms with E-state index in [2.05, 4.69) is 19.2 Å². The molecule has 0 aliphatic heterocycles. The summed E-state index contributed by atoms with van der Waals surface area (Å²) in [5.41, 5.74) is 0. The predicted octanol–water partition coefficient (Wildman–Crippen LogP) is 3.75. The topological polar surface area (TPSA) is 14.1 Å². The normalized spacial score (nSPS) is 10.6. The molecule has 0 heterocycles. The van der Waals surface area contributed by atoms with Crippen molar-refractivity contribution in [1.29, 1.82) is 0 Å². The van der Waals surface area contributed by atoms with Gasteiger partial charge in [-0.1, -0.05) is 58.8 Å². The van der Waals surface area contributed by atoms with Crippen molar-refractivity contribution in [3.63, 3.8) is 0 Å². The summed E-state index contributed by atoms with van der Waals surface area (Å²) in [5, 5.41) is 4.32. The third kappa shape index (κ3) is 12.0. The van der Waals surface area contributed by atoms with Gasteiger partial charge in [-0.2, -0.15) is 0 Å². The van der Waals surface area contributed by atoms with Gasteiger partial charge in [0.2, 0.25) is 0 Å². The van der Waals surface area contributed by atoms with Crippen LogP contribution in [0.3, 0.4) is 0 Å². The van der Waals surface area contributed by atoms with Crippen molar-refractivity contribution in [2.75, 3.05) is 13.1 Å². The van der Waals surface area contributed by atoms with Gasteiger partial charge in [0, 0.05) is 13.1 Å². The van der Waals surface area contributed by atoms with Gasteiger partial charge in [-0.05, 0) is 6.42 Å². The van der Waals surface area contributed by atoms with E-state index in [4.69, 9.17) is 0 Å². The van der Waals surface area contributed by atoms with Crippen molar-refractivity contribution in [1.82, 2.24) is 5.32 Å². The molecule has 79 valence electrons. The fourth-order valence-electron chi connectivity index (χ4n) is 1.52. The first kappa shape index (κ1) is 13.0. The van der Waals surface area contributed by atoms with Crippen LogP contribution in [0.5, 0.6) is 0 Å². The summed E-state index contributed by atoms with van der Waals surface area (Å²) < 4.78 is 0. The van der Waals surface area contributed by atoms with E-state index in [0.29, 0.717) is 0 Å². The van der Waals surface area contributed by atoms with Crippen LogP contribution in [0.1, 0.15) is 65.2 Å². The first-order valence-corrected chi connectivity index (χ1v) is 6.05. The van der Waals surface area contributed by atoms with E-state index in [1.165, 1.54) is 51.4 Å². The Bertz CT molecular complexity index is 71.2. The fourth-order valence-corrected chi connectivity index (χ4v) is 1.52. The van der Waals surface area contributed by atoms with Crippen molar-refractivity contribution in [3.05, 3.63) is 0 Å². The summed E-state index contributed by atoms with van der Waals surface area (Å²) in [7, 11) is 0. The predicted molar refractivity (Wildman–Crippen MR) is 60.2 cm³/mol. The molecule has 0 fully saturated rings. The third-order valence-electron chi connectivity index (χ3n) is 2.39. The molecule has 0 aliphatic rings. The Kier molecular flexibility index (Phi) is 11.9. The summed E-state index contributed by atoms with van der Waals surface area (Å²) in [4.78, 5) is 0. The number of hydrogen-bond donors (Lipinski definition) is 0. The lowest BCUT2D eigenvalue weighted by atomic mass is 10.1. The molecule has 0 aromatic rings. The maximum atomic E-state index is 4.32. The Morgan fingerprint density at radius 1 is 0.692 bits per heavy atom. The lowest BCUT2D eigenvalue weighted by molar-refractivity contribution is 0.557. The minimum Gasteiger partial charge on any atom is -0.242 e. The Hall–Kier alpha value is -0.0400. The largest absolute Gasteiger partial charge is 0.242 e. The molecule has 0 spiro atoms. The SMILES string of the molecule is CCCCCCCCCC[N]CC. The van der Waals surface area contributed by atoms with Gasteiger partial charge in [-0.3, -0.25) is 0 Å². The van der Waals surface area contributed by atoms with Crippen LogP contribution >= 0.6 is 0 Å². The van der Waals surface area contributed by atoms with Crippen molar-refractivity contribution in [3.8, 4) is 0 Å². The highest BCUT2D eigenvalue weighted by Gasteiger charge is 1.90. The molecule has 13 heavy (non-hydrogen) atoms. The van der Waals surface area contributed by atoms with Crippen LogP contribution in [0.2, 0.25) is 0 Å². The van der Waals surface area contributed by atoms with Crippen molar-refractivity contribution < 1.29 is 0 Å². The van der Waals surface area contributed by atoms with Crippen LogP contribution in [0.4, 0.5) is 0 Å². The number of unbranched alkanes of at least 4 members (excludes halogenated alkanes) is 7. The highest BCUT2D eigenvalue weighted by Crippen LogP contribution is 2.07. The molecule has 0 atom stereocenters. The Labute approximate surface area is 84.3 Å². The summed E-state index contributed by atoms with van der Waals surface area (Å²) in [6.07, 6.45) is 11.2. The summed E-state index contributed by atoms with van der Waals surface area (Å²) in [6, 6.07) is 0. The Morgan fingerprint density at radius 2 is 1.23 bits per heavy atom. The van der Waals surface area contributed by atoms with Crippen LogP contribution < -0.4 is 5.32 Å². The molecular weight excluding hydrogens is 158 g/mol. The average Bonchev–Trinajstić information content (AvgIpc) is 2.16. The van der Waals surface area contributed by atoms with E-state index in [0.717, 1.165) is 13.1 Å². The molecule has 1 heteroatoms. The minimum atomic E-state index is 0.997. The van der Waals surface area contributed by atoms with E-state index in [9.17, 15) is 0 Å². The van der Waals surface area contributed by atoms with Crippen LogP contribution in [-0.4, -0.2) is 13.1 Å². The molecule has 0 rings (SSSR count). The number of hydrogen-bond acceptors (Lipinski definition) is 0. The standard InChI is InChI=1S/C12H26N/c1-3-5-6-7-8-9-10-11-12-13-4-2/h3-12H2,1-2H3. The lowest BCUT2D eigenvalue weighted by Gasteiger charge is -2.00. The second-order valence-corrected chi connectivity index (χ2v) is 3.74. The smallest absolute Gasteiger partial charge is 0.0133 e. The van der Waals surface area contributed by atoms with E-state index in [1.807, 2.05) is 0 Å². The quantitative estimate of drug-likeness (QED) is 0.459. The van der Waals surface area contributed by atoms with E-state index < -0.39 is 0 Å². The molecule has 0 N–H and O–H groups in total. The second-order valence-electron chi connectivity index (χ2n) is 3.74. The van der Waals surface area contributed by atoms with Crippen molar-refractivity contribution in [2.45, 2.75) is 65.2 Å². The first-order chi connectivity index (χ1) is 6.41. The zero-order valence-electron chi connectivity index (χ0n) is 9.52.